The first-order chi connectivity index (χ1) is 19.5. The molecule has 3 aromatic carbocycles. The highest BCUT2D eigenvalue weighted by atomic mass is 16.6. The van der Waals surface area contributed by atoms with Gasteiger partial charge in [0.05, 0.1) is 25.2 Å². The second-order valence-corrected chi connectivity index (χ2v) is 11.8. The summed E-state index contributed by atoms with van der Waals surface area (Å²) < 4.78 is 13.9. The molecule has 3 fully saturated rings. The highest BCUT2D eigenvalue weighted by Gasteiger charge is 2.57. The summed E-state index contributed by atoms with van der Waals surface area (Å²) >= 11 is 0. The second-order valence-electron chi connectivity index (χ2n) is 11.8. The molecule has 6 nitrogen and oxygen atoms in total. The van der Waals surface area contributed by atoms with Crippen LogP contribution in [0.1, 0.15) is 55.2 Å². The maximum atomic E-state index is 14.5. The molecule has 3 aliphatic rings. The van der Waals surface area contributed by atoms with Gasteiger partial charge in [-0.15, -0.1) is 0 Å². The van der Waals surface area contributed by atoms with Crippen molar-refractivity contribution in [2.24, 2.45) is 5.73 Å². The number of hydrogen-bond acceptors (Lipinski definition) is 5. The SMILES string of the molecule is N[C@@H](Cc1ccccc1)C(=O)OC(C(=O)OC1CC2CCC(C1)[N+]21CCCC1)(c1ccccc1)c1ccccc1. The average Bonchev–Trinajstić information content (AvgIpc) is 3.53. The van der Waals surface area contributed by atoms with Crippen LogP contribution in [0.2, 0.25) is 0 Å². The summed E-state index contributed by atoms with van der Waals surface area (Å²) in [5.74, 6) is -1.19. The monoisotopic (exact) mass is 539 g/mol. The Hall–Kier alpha value is -3.48. The molecular formula is C34H39N2O4+. The molecule has 3 aromatic rings. The number of ether oxygens (including phenoxy) is 2. The lowest BCUT2D eigenvalue weighted by molar-refractivity contribution is -0.956. The lowest BCUT2D eigenvalue weighted by Gasteiger charge is -2.47. The normalized spacial score (nSPS) is 24.0. The van der Waals surface area contributed by atoms with Crippen LogP contribution in [-0.2, 0) is 31.1 Å². The van der Waals surface area contributed by atoms with Gasteiger partial charge in [0.1, 0.15) is 12.1 Å². The minimum atomic E-state index is -1.76. The zero-order chi connectivity index (χ0) is 27.6. The van der Waals surface area contributed by atoms with Gasteiger partial charge in [0.15, 0.2) is 0 Å². The molecule has 40 heavy (non-hydrogen) atoms. The number of rotatable bonds is 8. The number of piperidine rings is 1. The molecular weight excluding hydrogens is 500 g/mol. The molecule has 0 saturated carbocycles. The van der Waals surface area contributed by atoms with Crippen LogP contribution in [0.25, 0.3) is 0 Å². The minimum Gasteiger partial charge on any atom is -0.458 e. The molecule has 3 aliphatic heterocycles. The van der Waals surface area contributed by atoms with Crippen molar-refractivity contribution >= 4 is 11.9 Å². The van der Waals surface area contributed by atoms with Gasteiger partial charge in [-0.25, -0.2) is 4.79 Å². The summed E-state index contributed by atoms with van der Waals surface area (Å²) in [5, 5.41) is 0. The number of nitrogens with zero attached hydrogens (tertiary/aromatic N) is 1. The molecule has 6 heteroatoms. The molecule has 2 N–H and O–H groups in total. The topological polar surface area (TPSA) is 78.6 Å². The molecule has 3 atom stereocenters. The Morgan fingerprint density at radius 3 is 1.82 bits per heavy atom. The molecule has 0 aromatic heterocycles. The van der Waals surface area contributed by atoms with E-state index in [0.29, 0.717) is 29.6 Å². The number of quaternary nitrogens is 1. The van der Waals surface area contributed by atoms with E-state index >= 15 is 0 Å². The van der Waals surface area contributed by atoms with Crippen LogP contribution in [-0.4, -0.2) is 53.7 Å². The van der Waals surface area contributed by atoms with Gasteiger partial charge in [-0.05, 0) is 12.0 Å². The van der Waals surface area contributed by atoms with Crippen LogP contribution in [0.5, 0.6) is 0 Å². The van der Waals surface area contributed by atoms with Crippen molar-refractivity contribution in [3.8, 4) is 0 Å². The third-order valence-electron chi connectivity index (χ3n) is 9.53. The highest BCUT2D eigenvalue weighted by Crippen LogP contribution is 2.47. The summed E-state index contributed by atoms with van der Waals surface area (Å²) in [4.78, 5) is 28.1. The van der Waals surface area contributed by atoms with Crippen molar-refractivity contribution in [2.75, 3.05) is 13.1 Å². The Morgan fingerprint density at radius 2 is 1.30 bits per heavy atom. The van der Waals surface area contributed by atoms with E-state index in [2.05, 4.69) is 0 Å². The zero-order valence-corrected chi connectivity index (χ0v) is 23.0. The van der Waals surface area contributed by atoms with Crippen LogP contribution < -0.4 is 5.73 Å². The second kappa shape index (κ2) is 11.2. The summed E-state index contributed by atoms with van der Waals surface area (Å²) in [5.41, 5.74) is 6.65. The van der Waals surface area contributed by atoms with Gasteiger partial charge in [-0.1, -0.05) is 91.0 Å². The molecule has 0 amide bonds. The van der Waals surface area contributed by atoms with Crippen molar-refractivity contribution in [3.05, 3.63) is 108 Å². The summed E-state index contributed by atoms with van der Waals surface area (Å²) in [6.07, 6.45) is 6.82. The van der Waals surface area contributed by atoms with Gasteiger partial charge in [0.2, 0.25) is 0 Å². The van der Waals surface area contributed by atoms with E-state index in [1.54, 1.807) is 0 Å². The van der Waals surface area contributed by atoms with Crippen LogP contribution in [0.3, 0.4) is 0 Å². The Bertz CT molecular complexity index is 1250. The van der Waals surface area contributed by atoms with Crippen LogP contribution >= 0.6 is 0 Å². The van der Waals surface area contributed by atoms with Gasteiger partial charge in [-0.2, -0.15) is 0 Å². The van der Waals surface area contributed by atoms with Crippen molar-refractivity contribution in [2.45, 2.75) is 74.8 Å². The molecule has 2 unspecified atom stereocenters. The Morgan fingerprint density at radius 1 is 0.800 bits per heavy atom. The van der Waals surface area contributed by atoms with E-state index in [9.17, 15) is 9.59 Å². The first-order valence-corrected chi connectivity index (χ1v) is 14.7. The molecule has 3 heterocycles. The summed E-state index contributed by atoms with van der Waals surface area (Å²) in [7, 11) is 0. The fourth-order valence-electron chi connectivity index (χ4n) is 7.63. The first kappa shape index (κ1) is 26.7. The van der Waals surface area contributed by atoms with Crippen LogP contribution in [0.4, 0.5) is 0 Å². The molecule has 208 valence electrons. The molecule has 3 saturated heterocycles. The highest BCUT2D eigenvalue weighted by molar-refractivity contribution is 5.90. The predicted octanol–water partition coefficient (Wildman–Crippen LogP) is 4.89. The van der Waals surface area contributed by atoms with Crippen molar-refractivity contribution in [3.63, 3.8) is 0 Å². The van der Waals surface area contributed by atoms with Crippen molar-refractivity contribution in [1.29, 1.82) is 0 Å². The van der Waals surface area contributed by atoms with Gasteiger partial charge in [0, 0.05) is 49.7 Å². The molecule has 2 bridgehead atoms. The molecule has 1 spiro atoms. The smallest absolute Gasteiger partial charge is 0.360 e. The third-order valence-corrected chi connectivity index (χ3v) is 9.53. The van der Waals surface area contributed by atoms with Gasteiger partial charge in [-0.3, -0.25) is 4.79 Å². The van der Waals surface area contributed by atoms with E-state index in [1.807, 2.05) is 91.0 Å². The van der Waals surface area contributed by atoms with Gasteiger partial charge >= 0.3 is 11.9 Å². The van der Waals surface area contributed by atoms with Crippen LogP contribution in [0.15, 0.2) is 91.0 Å². The maximum Gasteiger partial charge on any atom is 0.360 e. The number of nitrogens with two attached hydrogens (primary N) is 1. The molecule has 0 radical (unpaired) electrons. The van der Waals surface area contributed by atoms with Crippen molar-refractivity contribution in [1.82, 2.24) is 0 Å². The van der Waals surface area contributed by atoms with Crippen LogP contribution in [0, 0.1) is 0 Å². The fourth-order valence-corrected chi connectivity index (χ4v) is 7.63. The third kappa shape index (κ3) is 4.84. The van der Waals surface area contributed by atoms with E-state index in [-0.39, 0.29) is 6.10 Å². The summed E-state index contributed by atoms with van der Waals surface area (Å²) in [6, 6.07) is 28.2. The quantitative estimate of drug-likeness (QED) is 0.326. The number of benzene rings is 3. The largest absolute Gasteiger partial charge is 0.458 e. The zero-order valence-electron chi connectivity index (χ0n) is 23.0. The Kier molecular flexibility index (Phi) is 7.47. The van der Waals surface area contributed by atoms with Gasteiger partial charge < -0.3 is 19.7 Å². The fraction of sp³-hybridized carbons (Fsp3) is 0.412. The number of hydrogen-bond donors (Lipinski definition) is 1. The minimum absolute atomic E-state index is 0.196. The number of esters is 2. The van der Waals surface area contributed by atoms with E-state index < -0.39 is 23.6 Å². The van der Waals surface area contributed by atoms with E-state index in [0.717, 1.165) is 18.4 Å². The lowest BCUT2D eigenvalue weighted by Crippen LogP contribution is -2.60. The first-order valence-electron chi connectivity index (χ1n) is 14.7. The Labute approximate surface area is 236 Å². The van der Waals surface area contributed by atoms with Crippen molar-refractivity contribution < 1.29 is 23.5 Å². The standard InChI is InChI=1S/C34H39N2O4/c35-31(22-25-12-4-1-5-13-25)32(37)40-34(26-14-6-2-7-15-26,27-16-8-3-9-17-27)33(38)39-30-23-28-18-19-29(24-30)36(28)20-10-11-21-36/h1-9,12-17,28-31H,10-11,18-24,35H2/q+1/t28?,29?,30?,31-/m0/s1. The molecule has 6 rings (SSSR count). The number of carbonyl (C=O) groups excluding carboxylic acids is 2. The lowest BCUT2D eigenvalue weighted by atomic mass is 9.85. The molecule has 0 aliphatic carbocycles. The summed E-state index contributed by atoms with van der Waals surface area (Å²) in [6.45, 7) is 2.51. The van der Waals surface area contributed by atoms with E-state index in [4.69, 9.17) is 15.2 Å². The van der Waals surface area contributed by atoms with E-state index in [1.165, 1.54) is 43.3 Å². The van der Waals surface area contributed by atoms with Gasteiger partial charge in [0.25, 0.3) is 5.60 Å². The Balaban J connectivity index is 1.31. The predicted molar refractivity (Wildman–Crippen MR) is 153 cm³/mol. The maximum absolute atomic E-state index is 14.5. The average molecular weight is 540 g/mol. The number of carbonyl (C=O) groups is 2.